The van der Waals surface area contributed by atoms with E-state index in [4.69, 9.17) is 0 Å². The molecule has 2 atom stereocenters. The van der Waals surface area contributed by atoms with E-state index in [1.54, 1.807) is 0 Å². The summed E-state index contributed by atoms with van der Waals surface area (Å²) in [6.45, 7) is 4.43. The average Bonchev–Trinajstić information content (AvgIpc) is 3.19. The fraction of sp³-hybridized carbons (Fsp3) is 0.920. The molecule has 3 N–H and O–H groups in total. The SMILES string of the molecule is CCCCCCCCCCCCCCCC(=O)N[C@@H]1CN[C@H](C(=O)NCCN(C)C)C1. The van der Waals surface area contributed by atoms with Crippen LogP contribution in [0.15, 0.2) is 0 Å². The normalized spacial score (nSPS) is 18.5. The fourth-order valence-corrected chi connectivity index (χ4v) is 4.17. The summed E-state index contributed by atoms with van der Waals surface area (Å²) in [5.74, 6) is 0.165. The molecule has 1 aliphatic rings. The van der Waals surface area contributed by atoms with Crippen LogP contribution in [0.25, 0.3) is 0 Å². The van der Waals surface area contributed by atoms with Crippen molar-refractivity contribution in [3.63, 3.8) is 0 Å². The molecule has 0 aromatic carbocycles. The third-order valence-corrected chi connectivity index (χ3v) is 6.18. The Morgan fingerprint density at radius 2 is 1.42 bits per heavy atom. The molecule has 0 saturated carbocycles. The standard InChI is InChI=1S/C25H50N4O2/c1-4-5-6-7-8-9-10-11-12-13-14-15-16-17-24(30)28-22-20-23(27-21-22)25(31)26-18-19-29(2)3/h22-23,27H,4-21H2,1-3H3,(H,26,31)(H,28,30)/t22-,23-/m0/s1. The Morgan fingerprint density at radius 1 is 0.871 bits per heavy atom. The predicted molar refractivity (Wildman–Crippen MR) is 130 cm³/mol. The minimum absolute atomic E-state index is 0.0371. The molecule has 0 bridgehead atoms. The van der Waals surface area contributed by atoms with Crippen LogP contribution >= 0.6 is 0 Å². The fourth-order valence-electron chi connectivity index (χ4n) is 4.17. The maximum absolute atomic E-state index is 12.2. The van der Waals surface area contributed by atoms with Crippen LogP contribution in [-0.4, -0.2) is 62.5 Å². The Bertz CT molecular complexity index is 470. The summed E-state index contributed by atoms with van der Waals surface area (Å²) in [6, 6.07) is -0.122. The number of nitrogens with one attached hydrogen (secondary N) is 3. The van der Waals surface area contributed by atoms with Crippen LogP contribution in [0.2, 0.25) is 0 Å². The number of carbonyl (C=O) groups excluding carboxylic acids is 2. The minimum Gasteiger partial charge on any atom is -0.353 e. The highest BCUT2D eigenvalue weighted by Crippen LogP contribution is 2.13. The van der Waals surface area contributed by atoms with Gasteiger partial charge in [-0.05, 0) is 26.9 Å². The molecule has 2 amide bonds. The van der Waals surface area contributed by atoms with Gasteiger partial charge in [-0.15, -0.1) is 0 Å². The first-order valence-corrected chi connectivity index (χ1v) is 13.0. The van der Waals surface area contributed by atoms with Crippen molar-refractivity contribution in [3.05, 3.63) is 0 Å². The number of rotatable bonds is 19. The topological polar surface area (TPSA) is 73.5 Å². The first kappa shape index (κ1) is 27.9. The number of unbranched alkanes of at least 4 members (excludes halogenated alkanes) is 12. The molecule has 0 aliphatic carbocycles. The van der Waals surface area contributed by atoms with Crippen LogP contribution in [0.3, 0.4) is 0 Å². The lowest BCUT2D eigenvalue weighted by atomic mass is 10.0. The number of nitrogens with zero attached hydrogens (tertiary/aromatic N) is 1. The van der Waals surface area contributed by atoms with Crippen molar-refractivity contribution in [1.82, 2.24) is 20.9 Å². The number of carbonyl (C=O) groups is 2. The highest BCUT2D eigenvalue weighted by Gasteiger charge is 2.29. The first-order valence-electron chi connectivity index (χ1n) is 13.0. The number of hydrogen-bond donors (Lipinski definition) is 3. The summed E-state index contributed by atoms with van der Waals surface area (Å²) in [5, 5.41) is 9.27. The van der Waals surface area contributed by atoms with E-state index in [-0.39, 0.29) is 23.9 Å². The van der Waals surface area contributed by atoms with Crippen molar-refractivity contribution >= 4 is 11.8 Å². The van der Waals surface area contributed by atoms with Gasteiger partial charge in [0.1, 0.15) is 0 Å². The first-order chi connectivity index (χ1) is 15.0. The highest BCUT2D eigenvalue weighted by atomic mass is 16.2. The van der Waals surface area contributed by atoms with Gasteiger partial charge in [0.25, 0.3) is 0 Å². The van der Waals surface area contributed by atoms with E-state index in [0.717, 1.165) is 19.4 Å². The maximum Gasteiger partial charge on any atom is 0.237 e. The summed E-state index contributed by atoms with van der Waals surface area (Å²) in [5.41, 5.74) is 0. The Balaban J connectivity index is 1.92. The van der Waals surface area contributed by atoms with E-state index >= 15 is 0 Å². The van der Waals surface area contributed by atoms with Gasteiger partial charge >= 0.3 is 0 Å². The van der Waals surface area contributed by atoms with Crippen molar-refractivity contribution in [3.8, 4) is 0 Å². The Kier molecular flexibility index (Phi) is 16.6. The van der Waals surface area contributed by atoms with Gasteiger partial charge < -0.3 is 20.9 Å². The van der Waals surface area contributed by atoms with E-state index in [0.29, 0.717) is 25.9 Å². The van der Waals surface area contributed by atoms with E-state index in [9.17, 15) is 9.59 Å². The van der Waals surface area contributed by atoms with Gasteiger partial charge in [-0.1, -0.05) is 84.0 Å². The molecule has 6 nitrogen and oxygen atoms in total. The van der Waals surface area contributed by atoms with E-state index < -0.39 is 0 Å². The predicted octanol–water partition coefficient (Wildman–Crippen LogP) is 3.99. The van der Waals surface area contributed by atoms with Crippen molar-refractivity contribution in [1.29, 1.82) is 0 Å². The third-order valence-electron chi connectivity index (χ3n) is 6.18. The van der Waals surface area contributed by atoms with Crippen LogP contribution in [0.4, 0.5) is 0 Å². The molecule has 1 rings (SSSR count). The second kappa shape index (κ2) is 18.4. The third kappa shape index (κ3) is 15.3. The van der Waals surface area contributed by atoms with Crippen molar-refractivity contribution in [2.75, 3.05) is 33.7 Å². The molecule has 1 aliphatic heterocycles. The largest absolute Gasteiger partial charge is 0.353 e. The molecule has 0 spiro atoms. The van der Waals surface area contributed by atoms with Gasteiger partial charge in [0.2, 0.25) is 11.8 Å². The summed E-state index contributed by atoms with van der Waals surface area (Å²) in [7, 11) is 3.98. The van der Waals surface area contributed by atoms with E-state index in [1.807, 2.05) is 19.0 Å². The number of likely N-dealkylation sites (N-methyl/N-ethyl adjacent to an activating group) is 1. The summed E-state index contributed by atoms with van der Waals surface area (Å²) in [6.07, 6.45) is 18.4. The zero-order valence-electron chi connectivity index (χ0n) is 20.6. The molecule has 1 heterocycles. The summed E-state index contributed by atoms with van der Waals surface area (Å²) >= 11 is 0. The second-order valence-corrected chi connectivity index (χ2v) is 9.55. The maximum atomic E-state index is 12.2. The van der Waals surface area contributed by atoms with E-state index in [2.05, 4.69) is 22.9 Å². The Hall–Kier alpha value is -1.14. The van der Waals surface area contributed by atoms with Gasteiger partial charge in [-0.25, -0.2) is 0 Å². The van der Waals surface area contributed by atoms with E-state index in [1.165, 1.54) is 70.6 Å². The lowest BCUT2D eigenvalue weighted by molar-refractivity contribution is -0.124. The van der Waals surface area contributed by atoms with Crippen molar-refractivity contribution < 1.29 is 9.59 Å². The zero-order valence-corrected chi connectivity index (χ0v) is 20.6. The summed E-state index contributed by atoms with van der Waals surface area (Å²) < 4.78 is 0. The number of hydrogen-bond acceptors (Lipinski definition) is 4. The van der Waals surface area contributed by atoms with Crippen LogP contribution < -0.4 is 16.0 Å². The molecular weight excluding hydrogens is 388 g/mol. The molecule has 6 heteroatoms. The van der Waals surface area contributed by atoms with Crippen LogP contribution in [0.1, 0.15) is 103 Å². The number of amides is 2. The lowest BCUT2D eigenvalue weighted by Gasteiger charge is -2.14. The van der Waals surface area contributed by atoms with Crippen molar-refractivity contribution in [2.24, 2.45) is 0 Å². The average molecular weight is 439 g/mol. The zero-order chi connectivity index (χ0) is 22.7. The molecule has 1 saturated heterocycles. The van der Waals surface area contributed by atoms with Crippen molar-refractivity contribution in [2.45, 2.75) is 115 Å². The molecule has 182 valence electrons. The van der Waals surface area contributed by atoms with Gasteiger partial charge in [0, 0.05) is 32.1 Å². The summed E-state index contributed by atoms with van der Waals surface area (Å²) in [4.78, 5) is 26.4. The Morgan fingerprint density at radius 3 is 1.97 bits per heavy atom. The van der Waals surface area contributed by atoms with Gasteiger partial charge in [0.05, 0.1) is 6.04 Å². The molecular formula is C25H50N4O2. The molecule has 0 unspecified atom stereocenters. The smallest absolute Gasteiger partial charge is 0.237 e. The van der Waals surface area contributed by atoms with Gasteiger partial charge in [0.15, 0.2) is 0 Å². The van der Waals surface area contributed by atoms with Crippen LogP contribution in [0.5, 0.6) is 0 Å². The Labute approximate surface area is 191 Å². The monoisotopic (exact) mass is 438 g/mol. The lowest BCUT2D eigenvalue weighted by Crippen LogP contribution is -2.42. The molecule has 0 aromatic rings. The van der Waals surface area contributed by atoms with Gasteiger partial charge in [-0.2, -0.15) is 0 Å². The van der Waals surface area contributed by atoms with Gasteiger partial charge in [-0.3, -0.25) is 9.59 Å². The van der Waals surface area contributed by atoms with Crippen LogP contribution in [0, 0.1) is 0 Å². The molecule has 0 radical (unpaired) electrons. The van der Waals surface area contributed by atoms with Crippen LogP contribution in [-0.2, 0) is 9.59 Å². The second-order valence-electron chi connectivity index (χ2n) is 9.55. The highest BCUT2D eigenvalue weighted by molar-refractivity contribution is 5.82. The minimum atomic E-state index is -0.191. The molecule has 31 heavy (non-hydrogen) atoms. The molecule has 0 aromatic heterocycles. The quantitative estimate of drug-likeness (QED) is 0.267. The molecule has 1 fully saturated rings.